The van der Waals surface area contributed by atoms with Gasteiger partial charge in [0.1, 0.15) is 17.1 Å². The summed E-state index contributed by atoms with van der Waals surface area (Å²) in [5.41, 5.74) is 2.21. The number of benzene rings is 2. The second kappa shape index (κ2) is 9.40. The van der Waals surface area contributed by atoms with Gasteiger partial charge in [-0.25, -0.2) is 8.42 Å². The predicted octanol–water partition coefficient (Wildman–Crippen LogP) is 3.97. The number of nitrogens with one attached hydrogen (secondary N) is 1. The number of fused-ring (bicyclic) bond motifs is 1. The van der Waals surface area contributed by atoms with Gasteiger partial charge in [0.25, 0.3) is 0 Å². The maximum Gasteiger partial charge on any atom is 0.232 e. The third-order valence-electron chi connectivity index (χ3n) is 5.46. The minimum atomic E-state index is -3.50. The van der Waals surface area contributed by atoms with Crippen LogP contribution >= 0.6 is 0 Å². The van der Waals surface area contributed by atoms with E-state index in [4.69, 9.17) is 9.47 Å². The zero-order chi connectivity index (χ0) is 23.5. The fourth-order valence-corrected chi connectivity index (χ4v) is 4.96. The van der Waals surface area contributed by atoms with Crippen molar-refractivity contribution >= 4 is 21.6 Å². The van der Waals surface area contributed by atoms with Crippen LogP contribution in [0, 0.1) is 6.92 Å². The molecule has 1 amide bonds. The predicted molar refractivity (Wildman–Crippen MR) is 126 cm³/mol. The van der Waals surface area contributed by atoms with E-state index in [1.54, 1.807) is 24.3 Å². The highest BCUT2D eigenvalue weighted by atomic mass is 32.2. The molecule has 8 heteroatoms. The molecule has 0 saturated heterocycles. The largest absolute Gasteiger partial charge is 0.497 e. The van der Waals surface area contributed by atoms with Crippen LogP contribution in [0.5, 0.6) is 11.5 Å². The monoisotopic (exact) mass is 460 g/mol. The number of methoxy groups -OCH3 is 1. The first-order chi connectivity index (χ1) is 15.0. The zero-order valence-corrected chi connectivity index (χ0v) is 20.2. The van der Waals surface area contributed by atoms with Gasteiger partial charge in [0.05, 0.1) is 25.1 Å². The summed E-state index contributed by atoms with van der Waals surface area (Å²) < 4.78 is 37.2. The first-order valence-corrected chi connectivity index (χ1v) is 12.5. The van der Waals surface area contributed by atoms with Crippen LogP contribution in [0.1, 0.15) is 50.3 Å². The van der Waals surface area contributed by atoms with Crippen LogP contribution in [-0.2, 0) is 14.8 Å². The van der Waals surface area contributed by atoms with Gasteiger partial charge in [0.15, 0.2) is 0 Å². The molecule has 0 spiro atoms. The highest BCUT2D eigenvalue weighted by Crippen LogP contribution is 2.39. The lowest BCUT2D eigenvalue weighted by molar-refractivity contribution is -0.122. The van der Waals surface area contributed by atoms with E-state index in [2.05, 4.69) is 5.32 Å². The molecule has 0 saturated carbocycles. The Hall–Kier alpha value is -2.74. The summed E-state index contributed by atoms with van der Waals surface area (Å²) in [6, 6.07) is 12.7. The summed E-state index contributed by atoms with van der Waals surface area (Å²) in [4.78, 5) is 12.7. The molecule has 0 bridgehead atoms. The second-order valence-electron chi connectivity index (χ2n) is 8.87. The Morgan fingerprint density at radius 3 is 2.69 bits per heavy atom. The number of carbonyl (C=O) groups excluding carboxylic acids is 1. The molecule has 3 rings (SSSR count). The van der Waals surface area contributed by atoms with E-state index < -0.39 is 10.0 Å². The molecule has 1 aliphatic heterocycles. The van der Waals surface area contributed by atoms with Crippen molar-refractivity contribution < 1.29 is 22.7 Å². The molecule has 0 radical (unpaired) electrons. The van der Waals surface area contributed by atoms with E-state index in [1.165, 1.54) is 11.4 Å². The van der Waals surface area contributed by atoms with Gasteiger partial charge >= 0.3 is 0 Å². The maximum absolute atomic E-state index is 12.7. The van der Waals surface area contributed by atoms with E-state index in [-0.39, 0.29) is 30.5 Å². The number of aryl methyl sites for hydroxylation is 1. The van der Waals surface area contributed by atoms with Crippen LogP contribution in [0.15, 0.2) is 42.5 Å². The third kappa shape index (κ3) is 5.94. The van der Waals surface area contributed by atoms with E-state index >= 15 is 0 Å². The molecule has 1 N–H and O–H groups in total. The Kier molecular flexibility index (Phi) is 7.03. The van der Waals surface area contributed by atoms with Crippen molar-refractivity contribution in [3.05, 3.63) is 53.6 Å². The quantitative estimate of drug-likeness (QED) is 0.644. The molecule has 7 nitrogen and oxygen atoms in total. The first kappa shape index (κ1) is 23.9. The normalized spacial score (nSPS) is 17.1. The minimum Gasteiger partial charge on any atom is -0.497 e. The average molecular weight is 461 g/mol. The van der Waals surface area contributed by atoms with Crippen molar-refractivity contribution in [2.24, 2.45) is 0 Å². The van der Waals surface area contributed by atoms with E-state index in [9.17, 15) is 13.2 Å². The molecule has 1 heterocycles. The maximum atomic E-state index is 12.7. The molecule has 1 atom stereocenters. The summed E-state index contributed by atoms with van der Waals surface area (Å²) in [5, 5.41) is 3.12. The number of amides is 1. The van der Waals surface area contributed by atoms with Gasteiger partial charge < -0.3 is 14.8 Å². The summed E-state index contributed by atoms with van der Waals surface area (Å²) in [6.07, 6.45) is 2.43. The fourth-order valence-electron chi connectivity index (χ4n) is 4.00. The smallest absolute Gasteiger partial charge is 0.232 e. The van der Waals surface area contributed by atoms with Crippen LogP contribution in [0.2, 0.25) is 0 Å². The SMILES string of the molecule is COc1cccc(N(CCCC(=O)NC2CC(C)(C)Oc3ccc(C)cc32)S(C)(=O)=O)c1. The lowest BCUT2D eigenvalue weighted by atomic mass is 9.89. The van der Waals surface area contributed by atoms with Gasteiger partial charge in [-0.15, -0.1) is 0 Å². The molecular weight excluding hydrogens is 428 g/mol. The van der Waals surface area contributed by atoms with Gasteiger partial charge in [-0.3, -0.25) is 9.10 Å². The second-order valence-corrected chi connectivity index (χ2v) is 10.8. The molecule has 0 fully saturated rings. The summed E-state index contributed by atoms with van der Waals surface area (Å²) >= 11 is 0. The zero-order valence-electron chi connectivity index (χ0n) is 19.3. The van der Waals surface area contributed by atoms with Gasteiger partial charge in [-0.2, -0.15) is 0 Å². The standard InChI is InChI=1S/C24H32N2O5S/c1-17-11-12-22-20(14-17)21(16-24(2,3)31-22)25-23(27)10-7-13-26(32(5,28)29)18-8-6-9-19(15-18)30-4/h6,8-9,11-12,14-15,21H,7,10,13,16H2,1-5H3,(H,25,27). The van der Waals surface area contributed by atoms with Crippen LogP contribution < -0.4 is 19.1 Å². The van der Waals surface area contributed by atoms with E-state index in [1.807, 2.05) is 39.0 Å². The van der Waals surface area contributed by atoms with Crippen molar-refractivity contribution in [1.82, 2.24) is 5.32 Å². The van der Waals surface area contributed by atoms with Crippen LogP contribution in [0.4, 0.5) is 5.69 Å². The Morgan fingerprint density at radius 1 is 1.25 bits per heavy atom. The van der Waals surface area contributed by atoms with E-state index in [0.29, 0.717) is 24.3 Å². The highest BCUT2D eigenvalue weighted by molar-refractivity contribution is 7.92. The lowest BCUT2D eigenvalue weighted by Crippen LogP contribution is -2.41. The molecule has 2 aromatic carbocycles. The number of nitrogens with zero attached hydrogens (tertiary/aromatic N) is 1. The molecule has 32 heavy (non-hydrogen) atoms. The lowest BCUT2D eigenvalue weighted by Gasteiger charge is -2.38. The minimum absolute atomic E-state index is 0.112. The van der Waals surface area contributed by atoms with Gasteiger partial charge in [-0.05, 0) is 45.4 Å². The number of sulfonamides is 1. The molecule has 0 aliphatic carbocycles. The summed E-state index contributed by atoms with van der Waals surface area (Å²) in [6.45, 7) is 6.23. The number of carbonyl (C=O) groups is 1. The van der Waals surface area contributed by atoms with Crippen LogP contribution in [0.25, 0.3) is 0 Å². The molecular formula is C24H32N2O5S. The van der Waals surface area contributed by atoms with Gasteiger partial charge in [-0.1, -0.05) is 23.8 Å². The summed E-state index contributed by atoms with van der Waals surface area (Å²) in [5.74, 6) is 1.25. The van der Waals surface area contributed by atoms with E-state index in [0.717, 1.165) is 23.1 Å². The van der Waals surface area contributed by atoms with Crippen molar-refractivity contribution in [2.75, 3.05) is 24.2 Å². The Labute approximate surface area is 190 Å². The highest BCUT2D eigenvalue weighted by Gasteiger charge is 2.34. The van der Waals surface area contributed by atoms with Crippen molar-refractivity contribution in [3.63, 3.8) is 0 Å². The van der Waals surface area contributed by atoms with Crippen LogP contribution in [0.3, 0.4) is 0 Å². The average Bonchev–Trinajstić information content (AvgIpc) is 2.70. The topological polar surface area (TPSA) is 84.9 Å². The Morgan fingerprint density at radius 2 is 2.00 bits per heavy atom. The van der Waals surface area contributed by atoms with Crippen molar-refractivity contribution in [2.45, 2.75) is 51.7 Å². The fraction of sp³-hybridized carbons (Fsp3) is 0.458. The van der Waals surface area contributed by atoms with Crippen molar-refractivity contribution in [1.29, 1.82) is 0 Å². The Bertz CT molecular complexity index is 1080. The third-order valence-corrected chi connectivity index (χ3v) is 6.66. The van der Waals surface area contributed by atoms with Gasteiger partial charge in [0.2, 0.25) is 15.9 Å². The molecule has 2 aromatic rings. The Balaban J connectivity index is 1.66. The summed E-state index contributed by atoms with van der Waals surface area (Å²) in [7, 11) is -1.97. The first-order valence-electron chi connectivity index (χ1n) is 10.7. The molecule has 0 aromatic heterocycles. The van der Waals surface area contributed by atoms with Crippen LogP contribution in [-0.4, -0.2) is 39.8 Å². The molecule has 1 unspecified atom stereocenters. The van der Waals surface area contributed by atoms with Gasteiger partial charge in [0, 0.05) is 31.0 Å². The number of ether oxygens (including phenoxy) is 2. The molecule has 1 aliphatic rings. The number of hydrogen-bond donors (Lipinski definition) is 1. The van der Waals surface area contributed by atoms with Crippen molar-refractivity contribution in [3.8, 4) is 11.5 Å². The number of anilines is 1. The number of rotatable bonds is 8. The molecule has 174 valence electrons. The number of hydrogen-bond acceptors (Lipinski definition) is 5.